The molecule has 0 spiro atoms. The van der Waals surface area contributed by atoms with Gasteiger partial charge in [0.05, 0.1) is 25.5 Å². The van der Waals surface area contributed by atoms with E-state index in [-0.39, 0.29) is 5.54 Å². The fourth-order valence-corrected chi connectivity index (χ4v) is 6.94. The van der Waals surface area contributed by atoms with E-state index >= 15 is 0 Å². The standard InChI is InChI=1S/C27H30N2O2/c1-30-20-7-8-24-22(12-20)23(26(29-24)21-5-3-4-6-25(21)31-2)16-28-27-13-17-9-18(14-27)11-19(10-17)15-27/h3-8,12,16-19,29H,9-11,13-15H2,1-2H3. The van der Waals surface area contributed by atoms with Gasteiger partial charge in [0.25, 0.3) is 0 Å². The van der Waals surface area contributed by atoms with Crippen molar-refractivity contribution < 1.29 is 9.47 Å². The Kier molecular flexibility index (Phi) is 4.38. The van der Waals surface area contributed by atoms with Crippen molar-refractivity contribution in [2.45, 2.75) is 44.1 Å². The number of aromatic nitrogens is 1. The normalized spacial score (nSPS) is 29.2. The predicted octanol–water partition coefficient (Wildman–Crippen LogP) is 6.24. The number of nitrogens with one attached hydrogen (secondary N) is 1. The molecule has 7 rings (SSSR count). The number of hydrogen-bond acceptors (Lipinski definition) is 3. The van der Waals surface area contributed by atoms with E-state index in [1.807, 2.05) is 18.2 Å². The number of hydrogen-bond donors (Lipinski definition) is 1. The molecule has 4 saturated carbocycles. The number of nitrogens with zero attached hydrogens (tertiary/aromatic N) is 1. The van der Waals surface area contributed by atoms with Gasteiger partial charge in [0.15, 0.2) is 0 Å². The zero-order chi connectivity index (χ0) is 21.0. The van der Waals surface area contributed by atoms with Gasteiger partial charge in [0.2, 0.25) is 0 Å². The van der Waals surface area contributed by atoms with Crippen LogP contribution in [0.25, 0.3) is 22.2 Å². The minimum absolute atomic E-state index is 0.148. The maximum atomic E-state index is 5.68. The second kappa shape index (κ2) is 7.15. The third kappa shape index (κ3) is 3.15. The van der Waals surface area contributed by atoms with Crippen molar-refractivity contribution in [2.75, 3.05) is 14.2 Å². The molecule has 0 atom stereocenters. The van der Waals surface area contributed by atoms with Crippen LogP contribution in [0.5, 0.6) is 11.5 Å². The average Bonchev–Trinajstić information content (AvgIpc) is 3.14. The molecule has 4 bridgehead atoms. The minimum Gasteiger partial charge on any atom is -0.497 e. The molecule has 0 unspecified atom stereocenters. The number of aliphatic imine (C=N–C) groups is 1. The van der Waals surface area contributed by atoms with Gasteiger partial charge in [-0.25, -0.2) is 0 Å². The molecular weight excluding hydrogens is 384 g/mol. The molecule has 1 N–H and O–H groups in total. The quantitative estimate of drug-likeness (QED) is 0.502. The fourth-order valence-electron chi connectivity index (χ4n) is 6.94. The number of para-hydroxylation sites is 1. The lowest BCUT2D eigenvalue weighted by molar-refractivity contribution is 0.00195. The average molecular weight is 415 g/mol. The lowest BCUT2D eigenvalue weighted by Crippen LogP contribution is -2.49. The third-order valence-electron chi connectivity index (χ3n) is 7.90. The maximum absolute atomic E-state index is 5.68. The summed E-state index contributed by atoms with van der Waals surface area (Å²) >= 11 is 0. The van der Waals surface area contributed by atoms with Crippen LogP contribution in [0.2, 0.25) is 0 Å². The summed E-state index contributed by atoms with van der Waals surface area (Å²) in [5, 5.41) is 1.15. The van der Waals surface area contributed by atoms with Crippen LogP contribution in [0.1, 0.15) is 44.1 Å². The summed E-state index contributed by atoms with van der Waals surface area (Å²) in [6, 6.07) is 14.4. The highest BCUT2D eigenvalue weighted by Gasteiger charge is 2.50. The molecule has 4 aliphatic rings. The van der Waals surface area contributed by atoms with Crippen molar-refractivity contribution in [3.05, 3.63) is 48.0 Å². The van der Waals surface area contributed by atoms with E-state index in [9.17, 15) is 0 Å². The molecule has 4 heteroatoms. The molecule has 3 aromatic rings. The molecule has 2 aromatic carbocycles. The molecule has 4 nitrogen and oxygen atoms in total. The minimum atomic E-state index is 0.148. The Morgan fingerprint density at radius 2 is 1.65 bits per heavy atom. The molecule has 0 radical (unpaired) electrons. The van der Waals surface area contributed by atoms with Gasteiger partial charge in [-0.1, -0.05) is 12.1 Å². The van der Waals surface area contributed by atoms with Gasteiger partial charge in [-0.3, -0.25) is 4.99 Å². The van der Waals surface area contributed by atoms with Crippen LogP contribution in [0.4, 0.5) is 0 Å². The first-order valence-electron chi connectivity index (χ1n) is 11.5. The third-order valence-corrected chi connectivity index (χ3v) is 7.90. The second-order valence-electron chi connectivity index (χ2n) is 9.93. The molecule has 0 amide bonds. The zero-order valence-corrected chi connectivity index (χ0v) is 18.4. The Labute approximate surface area is 183 Å². The van der Waals surface area contributed by atoms with Crippen LogP contribution in [-0.2, 0) is 0 Å². The Morgan fingerprint density at radius 1 is 0.935 bits per heavy atom. The van der Waals surface area contributed by atoms with Crippen molar-refractivity contribution in [1.29, 1.82) is 0 Å². The number of methoxy groups -OCH3 is 2. The van der Waals surface area contributed by atoms with Crippen molar-refractivity contribution in [3.8, 4) is 22.8 Å². The van der Waals surface area contributed by atoms with Crippen molar-refractivity contribution in [3.63, 3.8) is 0 Å². The van der Waals surface area contributed by atoms with E-state index in [1.165, 1.54) is 38.5 Å². The molecule has 4 fully saturated rings. The molecule has 1 aromatic heterocycles. The maximum Gasteiger partial charge on any atom is 0.128 e. The van der Waals surface area contributed by atoms with Crippen molar-refractivity contribution >= 4 is 17.1 Å². The van der Waals surface area contributed by atoms with E-state index < -0.39 is 0 Å². The highest BCUT2D eigenvalue weighted by molar-refractivity contribution is 6.07. The first-order chi connectivity index (χ1) is 15.2. The van der Waals surface area contributed by atoms with E-state index in [4.69, 9.17) is 14.5 Å². The highest BCUT2D eigenvalue weighted by Crippen LogP contribution is 2.57. The predicted molar refractivity (Wildman–Crippen MR) is 125 cm³/mol. The Balaban J connectivity index is 1.49. The smallest absolute Gasteiger partial charge is 0.128 e. The van der Waals surface area contributed by atoms with Gasteiger partial charge >= 0.3 is 0 Å². The van der Waals surface area contributed by atoms with Crippen molar-refractivity contribution in [1.82, 2.24) is 4.98 Å². The van der Waals surface area contributed by atoms with Gasteiger partial charge < -0.3 is 14.5 Å². The molecule has 0 aliphatic heterocycles. The molecule has 4 aliphatic carbocycles. The Hall–Kier alpha value is -2.75. The molecular formula is C27H30N2O2. The topological polar surface area (TPSA) is 46.6 Å². The van der Waals surface area contributed by atoms with Crippen LogP contribution in [0.3, 0.4) is 0 Å². The van der Waals surface area contributed by atoms with E-state index in [0.29, 0.717) is 0 Å². The molecule has 31 heavy (non-hydrogen) atoms. The summed E-state index contributed by atoms with van der Waals surface area (Å²) in [6.07, 6.45) is 10.3. The first-order valence-corrected chi connectivity index (χ1v) is 11.5. The number of aromatic amines is 1. The van der Waals surface area contributed by atoms with Gasteiger partial charge in [-0.15, -0.1) is 0 Å². The van der Waals surface area contributed by atoms with Gasteiger partial charge in [0.1, 0.15) is 11.5 Å². The second-order valence-corrected chi connectivity index (χ2v) is 9.93. The first kappa shape index (κ1) is 19.0. The molecule has 160 valence electrons. The number of fused-ring (bicyclic) bond motifs is 1. The van der Waals surface area contributed by atoms with E-state index in [1.54, 1.807) is 14.2 Å². The lowest BCUT2D eigenvalue weighted by atomic mass is 9.53. The summed E-state index contributed by atoms with van der Waals surface area (Å²) < 4.78 is 11.2. The number of ether oxygens (including phenoxy) is 2. The summed E-state index contributed by atoms with van der Waals surface area (Å²) in [5.41, 5.74) is 4.50. The Morgan fingerprint density at radius 3 is 2.32 bits per heavy atom. The van der Waals surface area contributed by atoms with Crippen LogP contribution < -0.4 is 9.47 Å². The summed E-state index contributed by atoms with van der Waals surface area (Å²) in [6.45, 7) is 0. The molecule has 1 heterocycles. The van der Waals surface area contributed by atoms with Crippen LogP contribution >= 0.6 is 0 Å². The van der Waals surface area contributed by atoms with Crippen LogP contribution in [-0.4, -0.2) is 31.0 Å². The van der Waals surface area contributed by atoms with Gasteiger partial charge in [-0.05, 0) is 86.6 Å². The van der Waals surface area contributed by atoms with E-state index in [0.717, 1.165) is 57.0 Å². The zero-order valence-electron chi connectivity index (χ0n) is 18.4. The SMILES string of the molecule is COc1ccc2[nH]c(-c3ccccc3OC)c(C=NC34CC5CC(CC(C5)C3)C4)c2c1. The van der Waals surface area contributed by atoms with Crippen molar-refractivity contribution in [2.24, 2.45) is 22.7 Å². The fraction of sp³-hybridized carbons (Fsp3) is 0.444. The largest absolute Gasteiger partial charge is 0.497 e. The molecule has 0 saturated heterocycles. The summed E-state index contributed by atoms with van der Waals surface area (Å²) in [4.78, 5) is 9.02. The highest BCUT2D eigenvalue weighted by atomic mass is 16.5. The van der Waals surface area contributed by atoms with E-state index in [2.05, 4.69) is 35.5 Å². The van der Waals surface area contributed by atoms with Gasteiger partial charge in [-0.2, -0.15) is 0 Å². The van der Waals surface area contributed by atoms with Crippen LogP contribution in [0, 0.1) is 17.8 Å². The lowest BCUT2D eigenvalue weighted by Gasteiger charge is -2.55. The number of benzene rings is 2. The summed E-state index contributed by atoms with van der Waals surface area (Å²) in [7, 11) is 3.45. The van der Waals surface area contributed by atoms with Gasteiger partial charge in [0, 0.05) is 28.2 Å². The monoisotopic (exact) mass is 414 g/mol. The summed E-state index contributed by atoms with van der Waals surface area (Å²) in [5.74, 6) is 4.40. The Bertz CT molecular complexity index is 1120. The van der Waals surface area contributed by atoms with Crippen LogP contribution in [0.15, 0.2) is 47.5 Å². The number of H-pyrrole nitrogens is 1. The number of rotatable bonds is 5.